The minimum atomic E-state index is -2.75. The van der Waals surface area contributed by atoms with E-state index in [0.29, 0.717) is 5.92 Å². The maximum atomic E-state index is 11.9. The molecule has 0 bridgehead atoms. The molecule has 84 valence electrons. The molecule has 0 heterocycles. The molecule has 1 nitrogen and oxygen atoms in total. The lowest BCUT2D eigenvalue weighted by Crippen LogP contribution is -2.02. The van der Waals surface area contributed by atoms with Gasteiger partial charge in [0, 0.05) is 0 Å². The summed E-state index contributed by atoms with van der Waals surface area (Å²) in [4.78, 5) is 0. The SMILES string of the molecule is CC(C)CCc1cccc(OC(F)F)c1. The third-order valence-corrected chi connectivity index (χ3v) is 2.13. The molecule has 3 heteroatoms. The van der Waals surface area contributed by atoms with E-state index in [0.717, 1.165) is 18.4 Å². The zero-order valence-electron chi connectivity index (χ0n) is 9.04. The van der Waals surface area contributed by atoms with E-state index in [1.165, 1.54) is 0 Å². The molecule has 0 saturated carbocycles. The Kier molecular flexibility index (Phi) is 4.53. The van der Waals surface area contributed by atoms with E-state index in [4.69, 9.17) is 0 Å². The van der Waals surface area contributed by atoms with Crippen LogP contribution < -0.4 is 4.74 Å². The lowest BCUT2D eigenvalue weighted by atomic mass is 10.0. The number of rotatable bonds is 5. The lowest BCUT2D eigenvalue weighted by molar-refractivity contribution is -0.0498. The predicted octanol–water partition coefficient (Wildman–Crippen LogP) is 3.88. The number of alkyl halides is 2. The highest BCUT2D eigenvalue weighted by molar-refractivity contribution is 5.28. The van der Waals surface area contributed by atoms with Crippen LogP contribution in [0.1, 0.15) is 25.8 Å². The highest BCUT2D eigenvalue weighted by Crippen LogP contribution is 2.18. The normalized spacial score (nSPS) is 11.1. The molecule has 0 amide bonds. The number of aryl methyl sites for hydroxylation is 1. The van der Waals surface area contributed by atoms with Gasteiger partial charge in [-0.15, -0.1) is 0 Å². The molecule has 1 aromatic carbocycles. The van der Waals surface area contributed by atoms with Crippen LogP contribution in [0.2, 0.25) is 0 Å². The van der Waals surface area contributed by atoms with Crippen molar-refractivity contribution < 1.29 is 13.5 Å². The van der Waals surface area contributed by atoms with Gasteiger partial charge in [0.2, 0.25) is 0 Å². The van der Waals surface area contributed by atoms with Crippen LogP contribution in [0, 0.1) is 5.92 Å². The maximum Gasteiger partial charge on any atom is 0.387 e. The first-order valence-corrected chi connectivity index (χ1v) is 5.11. The van der Waals surface area contributed by atoms with Crippen LogP contribution in [-0.2, 0) is 6.42 Å². The molecule has 1 aromatic rings. The van der Waals surface area contributed by atoms with Crippen molar-refractivity contribution in [3.63, 3.8) is 0 Å². The van der Waals surface area contributed by atoms with Crippen molar-refractivity contribution >= 4 is 0 Å². The smallest absolute Gasteiger partial charge is 0.387 e. The molecule has 0 atom stereocenters. The molecule has 0 aliphatic rings. The molecule has 0 radical (unpaired) electrons. The zero-order valence-corrected chi connectivity index (χ0v) is 9.04. The van der Waals surface area contributed by atoms with Crippen LogP contribution in [0.3, 0.4) is 0 Å². The molecule has 1 rings (SSSR count). The molecule has 0 unspecified atom stereocenters. The second-order valence-electron chi connectivity index (χ2n) is 3.96. The predicted molar refractivity (Wildman–Crippen MR) is 56.2 cm³/mol. The van der Waals surface area contributed by atoms with Crippen molar-refractivity contribution in [1.82, 2.24) is 0 Å². The van der Waals surface area contributed by atoms with E-state index in [-0.39, 0.29) is 5.75 Å². The van der Waals surface area contributed by atoms with Gasteiger partial charge in [-0.05, 0) is 36.5 Å². The molecule has 0 fully saturated rings. The monoisotopic (exact) mass is 214 g/mol. The number of ether oxygens (including phenoxy) is 1. The van der Waals surface area contributed by atoms with Gasteiger partial charge >= 0.3 is 6.61 Å². The summed E-state index contributed by atoms with van der Waals surface area (Å²) in [6.07, 6.45) is 1.95. The summed E-state index contributed by atoms with van der Waals surface area (Å²) in [6, 6.07) is 6.90. The van der Waals surface area contributed by atoms with Crippen molar-refractivity contribution in [3.8, 4) is 5.75 Å². The van der Waals surface area contributed by atoms with E-state index in [9.17, 15) is 8.78 Å². The molecule has 0 spiro atoms. The van der Waals surface area contributed by atoms with E-state index < -0.39 is 6.61 Å². The Bertz CT molecular complexity index is 297. The van der Waals surface area contributed by atoms with Gasteiger partial charge in [0.1, 0.15) is 5.75 Å². The highest BCUT2D eigenvalue weighted by Gasteiger charge is 2.04. The number of benzene rings is 1. The summed E-state index contributed by atoms with van der Waals surface area (Å²) in [5.41, 5.74) is 1.04. The lowest BCUT2D eigenvalue weighted by Gasteiger charge is -2.08. The third-order valence-electron chi connectivity index (χ3n) is 2.13. The number of halogens is 2. The van der Waals surface area contributed by atoms with Crippen LogP contribution in [0.4, 0.5) is 8.78 Å². The highest BCUT2D eigenvalue weighted by atomic mass is 19.3. The third kappa shape index (κ3) is 4.77. The van der Waals surface area contributed by atoms with Gasteiger partial charge in [-0.1, -0.05) is 26.0 Å². The topological polar surface area (TPSA) is 9.23 Å². The van der Waals surface area contributed by atoms with Gasteiger partial charge in [0.05, 0.1) is 0 Å². The Morgan fingerprint density at radius 2 is 2.00 bits per heavy atom. The largest absolute Gasteiger partial charge is 0.435 e. The Morgan fingerprint density at radius 1 is 1.27 bits per heavy atom. The Balaban J connectivity index is 2.57. The fraction of sp³-hybridized carbons (Fsp3) is 0.500. The summed E-state index contributed by atoms with van der Waals surface area (Å²) in [6.45, 7) is 1.53. The molecular weight excluding hydrogens is 198 g/mol. The Labute approximate surface area is 89.1 Å². The molecule has 0 aliphatic heterocycles. The molecule has 0 aromatic heterocycles. The molecule has 0 N–H and O–H groups in total. The fourth-order valence-corrected chi connectivity index (χ4v) is 1.33. The van der Waals surface area contributed by atoms with Gasteiger partial charge in [0.25, 0.3) is 0 Å². The van der Waals surface area contributed by atoms with Crippen molar-refractivity contribution in [1.29, 1.82) is 0 Å². The summed E-state index contributed by atoms with van der Waals surface area (Å²) in [7, 11) is 0. The second kappa shape index (κ2) is 5.69. The van der Waals surface area contributed by atoms with Gasteiger partial charge in [-0.25, -0.2) is 0 Å². The van der Waals surface area contributed by atoms with Crippen LogP contribution in [0.25, 0.3) is 0 Å². The van der Waals surface area contributed by atoms with Crippen molar-refractivity contribution in [2.24, 2.45) is 5.92 Å². The zero-order chi connectivity index (χ0) is 11.3. The Hall–Kier alpha value is -1.12. The summed E-state index contributed by atoms with van der Waals surface area (Å²) in [5.74, 6) is 0.857. The van der Waals surface area contributed by atoms with Crippen molar-refractivity contribution in [2.75, 3.05) is 0 Å². The van der Waals surface area contributed by atoms with Crippen molar-refractivity contribution in [2.45, 2.75) is 33.3 Å². The molecule has 15 heavy (non-hydrogen) atoms. The van der Waals surface area contributed by atoms with Gasteiger partial charge in [-0.3, -0.25) is 0 Å². The van der Waals surface area contributed by atoms with Crippen LogP contribution in [0.5, 0.6) is 5.75 Å². The number of hydrogen-bond acceptors (Lipinski definition) is 1. The standard InChI is InChI=1S/C12H16F2O/c1-9(2)6-7-10-4-3-5-11(8-10)15-12(13)14/h3-5,8-9,12H,6-7H2,1-2H3. The van der Waals surface area contributed by atoms with Crippen LogP contribution in [0.15, 0.2) is 24.3 Å². The summed E-state index contributed by atoms with van der Waals surface area (Å²) in [5, 5.41) is 0. The summed E-state index contributed by atoms with van der Waals surface area (Å²) < 4.78 is 28.2. The first kappa shape index (κ1) is 12.0. The van der Waals surface area contributed by atoms with Crippen molar-refractivity contribution in [3.05, 3.63) is 29.8 Å². The first-order chi connectivity index (χ1) is 7.08. The average molecular weight is 214 g/mol. The van der Waals surface area contributed by atoms with Crippen LogP contribution in [-0.4, -0.2) is 6.61 Å². The van der Waals surface area contributed by atoms with Gasteiger partial charge in [0.15, 0.2) is 0 Å². The summed E-state index contributed by atoms with van der Waals surface area (Å²) >= 11 is 0. The number of hydrogen-bond donors (Lipinski definition) is 0. The molecule has 0 saturated heterocycles. The molecular formula is C12H16F2O. The fourth-order valence-electron chi connectivity index (χ4n) is 1.33. The van der Waals surface area contributed by atoms with E-state index in [1.807, 2.05) is 6.07 Å². The van der Waals surface area contributed by atoms with E-state index >= 15 is 0 Å². The average Bonchev–Trinajstić information content (AvgIpc) is 2.14. The quantitative estimate of drug-likeness (QED) is 0.722. The van der Waals surface area contributed by atoms with E-state index in [2.05, 4.69) is 18.6 Å². The second-order valence-corrected chi connectivity index (χ2v) is 3.96. The van der Waals surface area contributed by atoms with Gasteiger partial charge in [-0.2, -0.15) is 8.78 Å². The minimum absolute atomic E-state index is 0.242. The van der Waals surface area contributed by atoms with Crippen LogP contribution >= 0.6 is 0 Å². The van der Waals surface area contributed by atoms with Gasteiger partial charge < -0.3 is 4.74 Å². The van der Waals surface area contributed by atoms with E-state index in [1.54, 1.807) is 18.2 Å². The minimum Gasteiger partial charge on any atom is -0.435 e. The molecule has 0 aliphatic carbocycles. The first-order valence-electron chi connectivity index (χ1n) is 5.11. The Morgan fingerprint density at radius 3 is 2.60 bits per heavy atom. The maximum absolute atomic E-state index is 11.9.